The van der Waals surface area contributed by atoms with E-state index in [9.17, 15) is 39.0 Å². The van der Waals surface area contributed by atoms with Crippen LogP contribution in [0.4, 0.5) is 0 Å². The first-order valence-electron chi connectivity index (χ1n) is 14.8. The Labute approximate surface area is 272 Å². The molecule has 1 unspecified atom stereocenters. The summed E-state index contributed by atoms with van der Waals surface area (Å²) in [5, 5.41) is 20.0. The van der Waals surface area contributed by atoms with E-state index < -0.39 is 41.7 Å². The molecule has 0 amide bonds. The fourth-order valence-corrected chi connectivity index (χ4v) is 5.08. The molecule has 0 aromatic carbocycles. The van der Waals surface area contributed by atoms with Crippen LogP contribution < -0.4 is 0 Å². The molecule has 0 aliphatic heterocycles. The summed E-state index contributed by atoms with van der Waals surface area (Å²) in [7, 11) is 0. The first-order chi connectivity index (χ1) is 22.1. The zero-order valence-corrected chi connectivity index (χ0v) is 26.9. The Morgan fingerprint density at radius 3 is 1.77 bits per heavy atom. The molecule has 0 spiro atoms. The normalized spacial score (nSPS) is 18.8. The lowest BCUT2D eigenvalue weighted by atomic mass is 9.76. The second-order valence-corrected chi connectivity index (χ2v) is 11.4. The van der Waals surface area contributed by atoms with Gasteiger partial charge >= 0.3 is 35.8 Å². The quantitative estimate of drug-likeness (QED) is 0.124. The molecule has 12 nitrogen and oxygen atoms in total. The van der Waals surface area contributed by atoms with Crippen LogP contribution in [0, 0.1) is 5.92 Å². The molecule has 250 valence electrons. The minimum Gasteiger partial charge on any atom is -0.478 e. The summed E-state index contributed by atoms with van der Waals surface area (Å²) in [5.74, 6) is -6.36. The number of fused-ring (bicyclic) bond motifs is 1. The molecule has 0 radical (unpaired) electrons. The number of carboxylic acids is 2. The smallest absolute Gasteiger partial charge is 0.334 e. The highest BCUT2D eigenvalue weighted by Gasteiger charge is 2.34. The molecule has 1 saturated carbocycles. The summed E-state index contributed by atoms with van der Waals surface area (Å²) in [6.07, 6.45) is 5.21. The summed E-state index contributed by atoms with van der Waals surface area (Å²) < 4.78 is 20.5. The van der Waals surface area contributed by atoms with Gasteiger partial charge in [-0.1, -0.05) is 36.5 Å². The first-order valence-corrected chi connectivity index (χ1v) is 14.8. The van der Waals surface area contributed by atoms with E-state index in [0.717, 1.165) is 0 Å². The number of esters is 4. The van der Waals surface area contributed by atoms with Crippen molar-refractivity contribution in [3.05, 3.63) is 92.7 Å². The van der Waals surface area contributed by atoms with E-state index in [1.54, 1.807) is 19.9 Å². The molecule has 0 aromatic rings. The van der Waals surface area contributed by atoms with Crippen molar-refractivity contribution >= 4 is 35.8 Å². The average molecular weight is 651 g/mol. The van der Waals surface area contributed by atoms with Crippen molar-refractivity contribution < 1.29 is 57.9 Å². The fraction of sp³-hybridized carbons (Fsp3) is 0.371. The number of aliphatic carboxylic acids is 2. The Hall–Kier alpha value is -5.26. The van der Waals surface area contributed by atoms with Crippen molar-refractivity contribution in [1.82, 2.24) is 0 Å². The molecule has 0 bridgehead atoms. The molecule has 1 atom stereocenters. The molecule has 0 saturated heterocycles. The third-order valence-corrected chi connectivity index (χ3v) is 7.66. The number of allylic oxidation sites excluding steroid dienone is 7. The van der Waals surface area contributed by atoms with E-state index in [1.165, 1.54) is 26.0 Å². The summed E-state index contributed by atoms with van der Waals surface area (Å²) in [6, 6.07) is 0. The summed E-state index contributed by atoms with van der Waals surface area (Å²) in [4.78, 5) is 74.1. The molecular formula is C35H38O12. The van der Waals surface area contributed by atoms with Gasteiger partial charge in [-0.2, -0.15) is 0 Å². The van der Waals surface area contributed by atoms with Gasteiger partial charge in [0.15, 0.2) is 0 Å². The van der Waals surface area contributed by atoms with E-state index in [-0.39, 0.29) is 67.1 Å². The maximum Gasteiger partial charge on any atom is 0.334 e. The van der Waals surface area contributed by atoms with Gasteiger partial charge in [0.05, 0.1) is 5.92 Å². The van der Waals surface area contributed by atoms with Crippen LogP contribution in [0.15, 0.2) is 92.7 Å². The van der Waals surface area contributed by atoms with Crippen molar-refractivity contribution in [2.75, 3.05) is 26.4 Å². The molecule has 3 aliphatic carbocycles. The predicted octanol–water partition coefficient (Wildman–Crippen LogP) is 4.41. The van der Waals surface area contributed by atoms with Crippen molar-refractivity contribution in [1.29, 1.82) is 0 Å². The second kappa shape index (κ2) is 15.8. The van der Waals surface area contributed by atoms with Crippen LogP contribution in [0.2, 0.25) is 0 Å². The Balaban J connectivity index is 1.98. The molecule has 3 aliphatic rings. The lowest BCUT2D eigenvalue weighted by Crippen LogP contribution is -2.22. The van der Waals surface area contributed by atoms with Gasteiger partial charge in [-0.05, 0) is 68.9 Å². The lowest BCUT2D eigenvalue weighted by molar-refractivity contribution is -0.151. The lowest BCUT2D eigenvalue weighted by Gasteiger charge is -2.28. The van der Waals surface area contributed by atoms with Gasteiger partial charge in [-0.3, -0.25) is 4.79 Å². The fourth-order valence-electron chi connectivity index (χ4n) is 5.08. The monoisotopic (exact) mass is 650 g/mol. The third kappa shape index (κ3) is 9.15. The first kappa shape index (κ1) is 36.2. The Morgan fingerprint density at radius 2 is 1.26 bits per heavy atom. The second-order valence-electron chi connectivity index (χ2n) is 11.4. The summed E-state index contributed by atoms with van der Waals surface area (Å²) >= 11 is 0. The van der Waals surface area contributed by atoms with Crippen LogP contribution in [-0.4, -0.2) is 72.5 Å². The Morgan fingerprint density at radius 1 is 0.723 bits per heavy atom. The van der Waals surface area contributed by atoms with Gasteiger partial charge in [-0.25, -0.2) is 24.0 Å². The maximum absolute atomic E-state index is 13.1. The molecule has 12 heteroatoms. The zero-order valence-electron chi connectivity index (χ0n) is 26.9. The summed E-state index contributed by atoms with van der Waals surface area (Å²) in [6.45, 7) is 12.4. The molecule has 1 fully saturated rings. The molecule has 47 heavy (non-hydrogen) atoms. The van der Waals surface area contributed by atoms with Crippen LogP contribution in [-0.2, 0) is 47.7 Å². The van der Waals surface area contributed by atoms with E-state index in [0.29, 0.717) is 46.3 Å². The average Bonchev–Trinajstić information content (AvgIpc) is 3.09. The van der Waals surface area contributed by atoms with Crippen LogP contribution >= 0.6 is 0 Å². The highest BCUT2D eigenvalue weighted by Crippen LogP contribution is 2.46. The topological polar surface area (TPSA) is 180 Å². The van der Waals surface area contributed by atoms with Crippen LogP contribution in [0.1, 0.15) is 53.4 Å². The standard InChI is InChI=1S/C35H38O12/c1-18(2)32(40)44-9-11-46-34(42)27-15-22(30(36)37)13-20(5)26(14-21(27)6)28-16-23(31(38)39)17-29(25-8-7-24(25)28)35(43)47-12-10-45-33(41)19(3)4/h14-16,27H,1,3,7-13,17H2,2,4-6H3,(H,36,37)(H,38,39)/b21-14?,22-15+,26-20?. The van der Waals surface area contributed by atoms with E-state index >= 15 is 0 Å². The number of carbonyl (C=O) groups is 6. The largest absolute Gasteiger partial charge is 0.478 e. The van der Waals surface area contributed by atoms with E-state index in [2.05, 4.69) is 13.2 Å². The highest BCUT2D eigenvalue weighted by molar-refractivity contribution is 5.97. The number of hydrogen-bond acceptors (Lipinski definition) is 10. The summed E-state index contributed by atoms with van der Waals surface area (Å²) in [5.41, 5.74) is 3.79. The van der Waals surface area contributed by atoms with Crippen molar-refractivity contribution in [3.63, 3.8) is 0 Å². The molecule has 2 N–H and O–H groups in total. The molecular weight excluding hydrogens is 612 g/mol. The van der Waals surface area contributed by atoms with Gasteiger partial charge in [0, 0.05) is 40.7 Å². The minimum atomic E-state index is -1.25. The van der Waals surface area contributed by atoms with Gasteiger partial charge in [-0.15, -0.1) is 0 Å². The van der Waals surface area contributed by atoms with Gasteiger partial charge in [0.2, 0.25) is 0 Å². The Kier molecular flexibility index (Phi) is 12.2. The van der Waals surface area contributed by atoms with Gasteiger partial charge in [0.1, 0.15) is 26.4 Å². The minimum absolute atomic E-state index is 0.0572. The van der Waals surface area contributed by atoms with Gasteiger partial charge < -0.3 is 29.2 Å². The maximum atomic E-state index is 13.1. The molecule has 3 rings (SSSR count). The SMILES string of the molecule is C=C(C)C(=O)OCCOC(=O)C1=C2CCC2=C(C2=C(C)C/C(C(=O)O)=C\C(C(=O)OCCOC(=O)C(=C)C)C(C)=C2)C=C(C(=O)O)C1. The highest BCUT2D eigenvalue weighted by atomic mass is 16.6. The number of ether oxygens (including phenoxy) is 4. The van der Waals surface area contributed by atoms with Crippen molar-refractivity contribution in [2.45, 2.75) is 53.4 Å². The zero-order chi connectivity index (χ0) is 35.0. The number of rotatable bonds is 13. The van der Waals surface area contributed by atoms with Crippen molar-refractivity contribution in [2.24, 2.45) is 5.92 Å². The third-order valence-electron chi connectivity index (χ3n) is 7.66. The molecule has 0 aromatic heterocycles. The van der Waals surface area contributed by atoms with Crippen molar-refractivity contribution in [3.8, 4) is 0 Å². The van der Waals surface area contributed by atoms with E-state index in [4.69, 9.17) is 18.9 Å². The molecule has 0 heterocycles. The van der Waals surface area contributed by atoms with E-state index in [1.807, 2.05) is 0 Å². The van der Waals surface area contributed by atoms with Crippen LogP contribution in [0.3, 0.4) is 0 Å². The van der Waals surface area contributed by atoms with Crippen LogP contribution in [0.25, 0.3) is 0 Å². The number of hydrogen-bond donors (Lipinski definition) is 2. The number of carboxylic acid groups (broad SMARTS) is 2. The van der Waals surface area contributed by atoms with Gasteiger partial charge in [0.25, 0.3) is 0 Å². The number of carbonyl (C=O) groups excluding carboxylic acids is 4. The predicted molar refractivity (Wildman–Crippen MR) is 167 cm³/mol. The Bertz CT molecular complexity index is 1620. The van der Waals surface area contributed by atoms with Crippen LogP contribution in [0.5, 0.6) is 0 Å².